The summed E-state index contributed by atoms with van der Waals surface area (Å²) >= 11 is 2.03. The second kappa shape index (κ2) is 6.80. The molecule has 1 heterocycles. The van der Waals surface area contributed by atoms with Crippen LogP contribution in [0.15, 0.2) is 0 Å². The third kappa shape index (κ3) is 4.47. The number of carbonyl (C=O) groups excluding carboxylic acids is 1. The Kier molecular flexibility index (Phi) is 5.37. The summed E-state index contributed by atoms with van der Waals surface area (Å²) in [6, 6.07) is 0. The van der Waals surface area contributed by atoms with Gasteiger partial charge < -0.3 is 11.1 Å². The lowest BCUT2D eigenvalue weighted by atomic mass is 9.80. The SMILES string of the molecule is NC1(CC(=O)NCC2CCSCC2)CCCCC1. The number of nitrogens with two attached hydrogens (primary N) is 1. The lowest BCUT2D eigenvalue weighted by Crippen LogP contribution is -2.46. The Labute approximate surface area is 115 Å². The van der Waals surface area contributed by atoms with Crippen molar-refractivity contribution in [3.05, 3.63) is 0 Å². The highest BCUT2D eigenvalue weighted by Crippen LogP contribution is 2.28. The van der Waals surface area contributed by atoms with Gasteiger partial charge in [0.15, 0.2) is 0 Å². The molecule has 4 heteroatoms. The van der Waals surface area contributed by atoms with E-state index in [1.165, 1.54) is 43.6 Å². The number of carbonyl (C=O) groups is 1. The number of hydrogen-bond acceptors (Lipinski definition) is 3. The third-order valence-electron chi connectivity index (χ3n) is 4.29. The second-order valence-corrected chi connectivity index (χ2v) is 7.18. The smallest absolute Gasteiger partial charge is 0.221 e. The van der Waals surface area contributed by atoms with Gasteiger partial charge in [-0.2, -0.15) is 11.8 Å². The number of thioether (sulfide) groups is 1. The molecule has 104 valence electrons. The molecule has 0 atom stereocenters. The lowest BCUT2D eigenvalue weighted by molar-refractivity contribution is -0.122. The van der Waals surface area contributed by atoms with Crippen LogP contribution in [0.1, 0.15) is 51.4 Å². The van der Waals surface area contributed by atoms with E-state index in [0.717, 1.165) is 19.4 Å². The zero-order chi connectivity index (χ0) is 12.8. The van der Waals surface area contributed by atoms with E-state index in [0.29, 0.717) is 12.3 Å². The van der Waals surface area contributed by atoms with Gasteiger partial charge in [0.2, 0.25) is 5.91 Å². The summed E-state index contributed by atoms with van der Waals surface area (Å²) in [6.07, 6.45) is 8.69. The fourth-order valence-corrected chi connectivity index (χ4v) is 4.23. The van der Waals surface area contributed by atoms with Crippen LogP contribution in [-0.2, 0) is 4.79 Å². The Morgan fingerprint density at radius 1 is 1.22 bits per heavy atom. The van der Waals surface area contributed by atoms with Gasteiger partial charge in [-0.15, -0.1) is 0 Å². The molecule has 3 N–H and O–H groups in total. The van der Waals surface area contributed by atoms with Crippen LogP contribution in [0.5, 0.6) is 0 Å². The van der Waals surface area contributed by atoms with Crippen LogP contribution in [0.3, 0.4) is 0 Å². The van der Waals surface area contributed by atoms with Crippen LogP contribution in [0.25, 0.3) is 0 Å². The van der Waals surface area contributed by atoms with E-state index in [-0.39, 0.29) is 11.4 Å². The van der Waals surface area contributed by atoms with Crippen LogP contribution < -0.4 is 11.1 Å². The van der Waals surface area contributed by atoms with Gasteiger partial charge >= 0.3 is 0 Å². The van der Waals surface area contributed by atoms with Gasteiger partial charge in [0, 0.05) is 18.5 Å². The van der Waals surface area contributed by atoms with Crippen molar-refractivity contribution < 1.29 is 4.79 Å². The Morgan fingerprint density at radius 2 is 1.89 bits per heavy atom. The van der Waals surface area contributed by atoms with Gasteiger partial charge in [-0.3, -0.25) is 4.79 Å². The van der Waals surface area contributed by atoms with Crippen molar-refractivity contribution in [3.8, 4) is 0 Å². The summed E-state index contributed by atoms with van der Waals surface area (Å²) in [5.74, 6) is 3.36. The number of rotatable bonds is 4. The molecular weight excluding hydrogens is 244 g/mol. The molecule has 1 amide bonds. The van der Waals surface area contributed by atoms with Crippen LogP contribution in [0.4, 0.5) is 0 Å². The van der Waals surface area contributed by atoms with E-state index in [1.807, 2.05) is 11.8 Å². The zero-order valence-corrected chi connectivity index (χ0v) is 12.1. The minimum atomic E-state index is -0.218. The van der Waals surface area contributed by atoms with Crippen LogP contribution in [-0.4, -0.2) is 29.5 Å². The van der Waals surface area contributed by atoms with Crippen LogP contribution >= 0.6 is 11.8 Å². The highest BCUT2D eigenvalue weighted by atomic mass is 32.2. The summed E-state index contributed by atoms with van der Waals surface area (Å²) in [6.45, 7) is 0.857. The topological polar surface area (TPSA) is 55.1 Å². The van der Waals surface area contributed by atoms with E-state index in [1.54, 1.807) is 0 Å². The molecule has 0 radical (unpaired) electrons. The first-order chi connectivity index (χ1) is 8.68. The van der Waals surface area contributed by atoms with E-state index in [9.17, 15) is 4.79 Å². The minimum Gasteiger partial charge on any atom is -0.356 e. The van der Waals surface area contributed by atoms with E-state index in [2.05, 4.69) is 5.32 Å². The molecule has 3 nitrogen and oxygen atoms in total. The van der Waals surface area contributed by atoms with Crippen molar-refractivity contribution in [2.24, 2.45) is 11.7 Å². The average molecular weight is 270 g/mol. The summed E-state index contributed by atoms with van der Waals surface area (Å²) in [5, 5.41) is 3.10. The van der Waals surface area contributed by atoms with Gasteiger partial charge in [-0.25, -0.2) is 0 Å². The molecule has 2 rings (SSSR count). The molecule has 1 aliphatic heterocycles. The second-order valence-electron chi connectivity index (χ2n) is 5.96. The Balaban J connectivity index is 1.67. The predicted octanol–water partition coefficient (Wildman–Crippen LogP) is 2.30. The molecular formula is C14H26N2OS. The van der Waals surface area contributed by atoms with E-state index < -0.39 is 0 Å². The Hall–Kier alpha value is -0.220. The molecule has 0 unspecified atom stereocenters. The Bertz CT molecular complexity index is 271. The molecule has 0 aromatic heterocycles. The van der Waals surface area contributed by atoms with Gasteiger partial charge in [-0.1, -0.05) is 19.3 Å². The molecule has 0 spiro atoms. The minimum absolute atomic E-state index is 0.164. The highest BCUT2D eigenvalue weighted by molar-refractivity contribution is 7.99. The van der Waals surface area contributed by atoms with Crippen molar-refractivity contribution >= 4 is 17.7 Å². The standard InChI is InChI=1S/C14H26N2OS/c15-14(6-2-1-3-7-14)10-13(17)16-11-12-4-8-18-9-5-12/h12H,1-11,15H2,(H,16,17). The van der Waals surface area contributed by atoms with Crippen LogP contribution in [0, 0.1) is 5.92 Å². The van der Waals surface area contributed by atoms with Gasteiger partial charge in [0.25, 0.3) is 0 Å². The first kappa shape index (κ1) is 14.2. The molecule has 2 aliphatic rings. The monoisotopic (exact) mass is 270 g/mol. The summed E-state index contributed by atoms with van der Waals surface area (Å²) in [4.78, 5) is 12.0. The van der Waals surface area contributed by atoms with Crippen LogP contribution in [0.2, 0.25) is 0 Å². The van der Waals surface area contributed by atoms with E-state index in [4.69, 9.17) is 5.73 Å². The maximum Gasteiger partial charge on any atom is 0.221 e. The first-order valence-corrected chi connectivity index (χ1v) is 8.47. The molecule has 0 bridgehead atoms. The van der Waals surface area contributed by atoms with Crippen molar-refractivity contribution in [2.45, 2.75) is 56.9 Å². The quantitative estimate of drug-likeness (QED) is 0.824. The fraction of sp³-hybridized carbons (Fsp3) is 0.929. The molecule has 18 heavy (non-hydrogen) atoms. The van der Waals surface area contributed by atoms with Crippen molar-refractivity contribution in [1.29, 1.82) is 0 Å². The molecule has 1 aliphatic carbocycles. The first-order valence-electron chi connectivity index (χ1n) is 7.31. The average Bonchev–Trinajstić information content (AvgIpc) is 2.38. The predicted molar refractivity (Wildman–Crippen MR) is 77.7 cm³/mol. The van der Waals surface area contributed by atoms with Gasteiger partial charge in [0.05, 0.1) is 0 Å². The largest absolute Gasteiger partial charge is 0.356 e. The Morgan fingerprint density at radius 3 is 2.56 bits per heavy atom. The molecule has 1 saturated carbocycles. The number of nitrogens with one attached hydrogen (secondary N) is 1. The van der Waals surface area contributed by atoms with E-state index >= 15 is 0 Å². The highest BCUT2D eigenvalue weighted by Gasteiger charge is 2.30. The lowest BCUT2D eigenvalue weighted by Gasteiger charge is -2.33. The number of amides is 1. The van der Waals surface area contributed by atoms with Crippen molar-refractivity contribution in [2.75, 3.05) is 18.1 Å². The fourth-order valence-electron chi connectivity index (χ4n) is 3.02. The number of hydrogen-bond donors (Lipinski definition) is 2. The van der Waals surface area contributed by atoms with Crippen molar-refractivity contribution in [3.63, 3.8) is 0 Å². The maximum atomic E-state index is 12.0. The summed E-state index contributed by atoms with van der Waals surface area (Å²) in [7, 11) is 0. The summed E-state index contributed by atoms with van der Waals surface area (Å²) in [5.41, 5.74) is 6.09. The van der Waals surface area contributed by atoms with Crippen molar-refractivity contribution in [1.82, 2.24) is 5.32 Å². The maximum absolute atomic E-state index is 12.0. The van der Waals surface area contributed by atoms with Gasteiger partial charge in [0.1, 0.15) is 0 Å². The summed E-state index contributed by atoms with van der Waals surface area (Å²) < 4.78 is 0. The molecule has 0 aromatic carbocycles. The molecule has 1 saturated heterocycles. The zero-order valence-electron chi connectivity index (χ0n) is 11.2. The third-order valence-corrected chi connectivity index (χ3v) is 5.34. The molecule has 0 aromatic rings. The normalized spacial score (nSPS) is 24.7. The molecule has 2 fully saturated rings. The van der Waals surface area contributed by atoms with Gasteiger partial charge in [-0.05, 0) is 43.1 Å².